The number of nitrogens with zero attached hydrogens (tertiary/aromatic N) is 2. The largest absolute Gasteiger partial charge is 0.487 e. The van der Waals surface area contributed by atoms with Crippen LogP contribution in [0.25, 0.3) is 0 Å². The van der Waals surface area contributed by atoms with Crippen molar-refractivity contribution in [2.24, 2.45) is 0 Å². The maximum Gasteiger partial charge on any atom is 0.247 e. The number of carbonyl (C=O) groups excluding carboxylic acids is 1. The summed E-state index contributed by atoms with van der Waals surface area (Å²) < 4.78 is 5.82. The second kappa shape index (κ2) is 10.3. The third-order valence-corrected chi connectivity index (χ3v) is 6.70. The number of aryl methyl sites for hydroxylation is 1. The molecule has 0 saturated heterocycles. The molecule has 32 heavy (non-hydrogen) atoms. The van der Waals surface area contributed by atoms with Crippen molar-refractivity contribution in [1.82, 2.24) is 4.98 Å². The molecular weight excluding hydrogens is 420 g/mol. The Kier molecular flexibility index (Phi) is 7.03. The lowest BCUT2D eigenvalue weighted by Gasteiger charge is -2.16. The van der Waals surface area contributed by atoms with Crippen molar-refractivity contribution in [3.05, 3.63) is 70.4 Å². The molecule has 1 aromatic carbocycles. The number of ether oxygens (including phenoxy) is 1. The molecule has 2 aromatic heterocycles. The van der Waals surface area contributed by atoms with Gasteiger partial charge in [-0.15, -0.1) is 11.3 Å². The van der Waals surface area contributed by atoms with Gasteiger partial charge in [-0.2, -0.15) is 5.26 Å². The molecule has 2 heterocycles. The first-order valence-corrected chi connectivity index (χ1v) is 11.7. The fourth-order valence-electron chi connectivity index (χ4n) is 3.80. The molecular formula is C25H26N4O2S. The summed E-state index contributed by atoms with van der Waals surface area (Å²) in [6.07, 6.45) is 7.08. The number of thiophene rings is 1. The van der Waals surface area contributed by atoms with Crippen LogP contribution in [0.2, 0.25) is 0 Å². The highest BCUT2D eigenvalue weighted by molar-refractivity contribution is 7.16. The van der Waals surface area contributed by atoms with Crippen molar-refractivity contribution in [2.75, 3.05) is 10.6 Å². The Hall–Kier alpha value is -3.37. The van der Waals surface area contributed by atoms with Crippen LogP contribution in [0.15, 0.2) is 48.7 Å². The number of fused-ring (bicyclic) bond motifs is 1. The topological polar surface area (TPSA) is 87.0 Å². The number of carbonyl (C=O) groups is 1. The van der Waals surface area contributed by atoms with Gasteiger partial charge in [0, 0.05) is 22.8 Å². The number of nitriles is 1. The number of hydrogen-bond acceptors (Lipinski definition) is 6. The minimum atomic E-state index is -0.477. The zero-order valence-corrected chi connectivity index (χ0v) is 18.9. The van der Waals surface area contributed by atoms with Crippen LogP contribution in [0.3, 0.4) is 0 Å². The summed E-state index contributed by atoms with van der Waals surface area (Å²) in [6.45, 7) is 2.18. The molecule has 0 spiro atoms. The molecule has 3 aromatic rings. The van der Waals surface area contributed by atoms with Crippen LogP contribution in [0.5, 0.6) is 5.75 Å². The third-order valence-electron chi connectivity index (χ3n) is 5.49. The molecule has 1 aliphatic carbocycles. The number of pyridine rings is 1. The fourth-order valence-corrected chi connectivity index (χ4v) is 5.04. The minimum Gasteiger partial charge on any atom is -0.487 e. The summed E-state index contributed by atoms with van der Waals surface area (Å²) >= 11 is 1.55. The zero-order valence-electron chi connectivity index (χ0n) is 18.1. The second-order valence-electron chi connectivity index (χ2n) is 7.87. The first-order valence-electron chi connectivity index (χ1n) is 10.9. The van der Waals surface area contributed by atoms with Crippen LogP contribution < -0.4 is 15.4 Å². The average Bonchev–Trinajstić information content (AvgIpc) is 2.97. The molecule has 6 nitrogen and oxygen atoms in total. The summed E-state index contributed by atoms with van der Waals surface area (Å²) in [5.41, 5.74) is 3.40. The van der Waals surface area contributed by atoms with E-state index in [1.54, 1.807) is 24.5 Å². The molecule has 1 unspecified atom stereocenters. The molecule has 1 atom stereocenters. The van der Waals surface area contributed by atoms with E-state index in [-0.39, 0.29) is 5.91 Å². The molecule has 2 N–H and O–H groups in total. The van der Waals surface area contributed by atoms with E-state index in [0.717, 1.165) is 42.6 Å². The van der Waals surface area contributed by atoms with Crippen LogP contribution in [0.1, 0.15) is 47.9 Å². The van der Waals surface area contributed by atoms with Gasteiger partial charge in [0.1, 0.15) is 29.5 Å². The Balaban J connectivity index is 1.38. The summed E-state index contributed by atoms with van der Waals surface area (Å²) in [7, 11) is 0. The molecule has 4 rings (SSSR count). The van der Waals surface area contributed by atoms with Gasteiger partial charge in [-0.25, -0.2) is 0 Å². The van der Waals surface area contributed by atoms with Crippen molar-refractivity contribution in [1.29, 1.82) is 5.26 Å². The SMILES string of the molecule is CC(Nc1cccc(OCc2ccccn2)c1)C(=O)Nc1sc2c(c1C#N)CCCCC2. The third kappa shape index (κ3) is 5.27. The molecule has 0 aliphatic heterocycles. The van der Waals surface area contributed by atoms with E-state index < -0.39 is 6.04 Å². The van der Waals surface area contributed by atoms with E-state index in [1.807, 2.05) is 42.5 Å². The zero-order chi connectivity index (χ0) is 22.3. The maximum absolute atomic E-state index is 12.8. The second-order valence-corrected chi connectivity index (χ2v) is 8.98. The van der Waals surface area contributed by atoms with Crippen LogP contribution >= 0.6 is 11.3 Å². The van der Waals surface area contributed by atoms with Crippen molar-refractivity contribution >= 4 is 27.9 Å². The number of benzene rings is 1. The van der Waals surface area contributed by atoms with E-state index in [2.05, 4.69) is 21.7 Å². The Labute approximate surface area is 192 Å². The summed E-state index contributed by atoms with van der Waals surface area (Å²) in [4.78, 5) is 18.3. The van der Waals surface area contributed by atoms with Gasteiger partial charge in [0.15, 0.2) is 0 Å². The van der Waals surface area contributed by atoms with Crippen LogP contribution in [-0.2, 0) is 24.2 Å². The first-order chi connectivity index (χ1) is 15.6. The molecule has 0 radical (unpaired) electrons. The molecule has 1 aliphatic rings. The van der Waals surface area contributed by atoms with Gasteiger partial charge in [-0.05, 0) is 62.4 Å². The predicted octanol–water partition coefficient (Wildman–Crippen LogP) is 5.30. The minimum absolute atomic E-state index is 0.169. The number of aromatic nitrogens is 1. The van der Waals surface area contributed by atoms with E-state index in [0.29, 0.717) is 22.9 Å². The van der Waals surface area contributed by atoms with Crippen molar-refractivity contribution in [2.45, 2.75) is 51.7 Å². The van der Waals surface area contributed by atoms with Gasteiger partial charge in [-0.1, -0.05) is 18.6 Å². The van der Waals surface area contributed by atoms with Gasteiger partial charge < -0.3 is 15.4 Å². The lowest BCUT2D eigenvalue weighted by Crippen LogP contribution is -2.31. The number of amides is 1. The van der Waals surface area contributed by atoms with Gasteiger partial charge in [0.2, 0.25) is 5.91 Å². The molecule has 164 valence electrons. The van der Waals surface area contributed by atoms with E-state index in [9.17, 15) is 10.1 Å². The summed E-state index contributed by atoms with van der Waals surface area (Å²) in [5.74, 6) is 0.528. The average molecular weight is 447 g/mol. The van der Waals surface area contributed by atoms with Gasteiger partial charge >= 0.3 is 0 Å². The molecule has 0 saturated carbocycles. The Bertz CT molecular complexity index is 1120. The molecule has 0 fully saturated rings. The fraction of sp³-hybridized carbons (Fsp3) is 0.320. The first kappa shape index (κ1) is 21.8. The van der Waals surface area contributed by atoms with E-state index >= 15 is 0 Å². The van der Waals surface area contributed by atoms with Gasteiger partial charge in [0.25, 0.3) is 0 Å². The van der Waals surface area contributed by atoms with E-state index in [1.165, 1.54) is 11.3 Å². The highest BCUT2D eigenvalue weighted by atomic mass is 32.1. The Morgan fingerprint density at radius 1 is 1.22 bits per heavy atom. The summed E-state index contributed by atoms with van der Waals surface area (Å²) in [6, 6.07) is 15.0. The monoisotopic (exact) mass is 446 g/mol. The number of hydrogen-bond donors (Lipinski definition) is 2. The van der Waals surface area contributed by atoms with Gasteiger partial charge in [0.05, 0.1) is 11.3 Å². The summed E-state index contributed by atoms with van der Waals surface area (Å²) in [5, 5.41) is 16.5. The Morgan fingerprint density at radius 3 is 2.91 bits per heavy atom. The lowest BCUT2D eigenvalue weighted by atomic mass is 10.1. The quantitative estimate of drug-likeness (QED) is 0.481. The van der Waals surface area contributed by atoms with E-state index in [4.69, 9.17) is 4.74 Å². The molecule has 1 amide bonds. The van der Waals surface area contributed by atoms with Crippen molar-refractivity contribution < 1.29 is 9.53 Å². The Morgan fingerprint density at radius 2 is 2.09 bits per heavy atom. The van der Waals surface area contributed by atoms with Crippen molar-refractivity contribution in [3.8, 4) is 11.8 Å². The highest BCUT2D eigenvalue weighted by Crippen LogP contribution is 2.37. The smallest absolute Gasteiger partial charge is 0.247 e. The lowest BCUT2D eigenvalue weighted by molar-refractivity contribution is -0.116. The maximum atomic E-state index is 12.8. The molecule has 7 heteroatoms. The number of rotatable bonds is 7. The highest BCUT2D eigenvalue weighted by Gasteiger charge is 2.22. The van der Waals surface area contributed by atoms with Gasteiger partial charge in [-0.3, -0.25) is 9.78 Å². The van der Waals surface area contributed by atoms with Crippen LogP contribution in [0.4, 0.5) is 10.7 Å². The van der Waals surface area contributed by atoms with Crippen LogP contribution in [0, 0.1) is 11.3 Å². The number of anilines is 2. The predicted molar refractivity (Wildman–Crippen MR) is 127 cm³/mol. The van der Waals surface area contributed by atoms with Crippen LogP contribution in [-0.4, -0.2) is 16.9 Å². The number of nitrogens with one attached hydrogen (secondary N) is 2. The van der Waals surface area contributed by atoms with Crippen molar-refractivity contribution in [3.63, 3.8) is 0 Å². The molecule has 0 bridgehead atoms. The standard InChI is InChI=1S/C25H26N4O2S/c1-17(24(30)29-25-22(15-26)21-11-3-2-4-12-23(21)32-25)28-18-9-7-10-20(14-18)31-16-19-8-5-6-13-27-19/h5-10,13-14,17,28H,2-4,11-12,16H2,1H3,(H,29,30). The normalized spacial score (nSPS) is 13.9.